The molecule has 0 bridgehead atoms. The molecule has 2 N–H and O–H groups in total. The molecule has 0 amide bonds. The van der Waals surface area contributed by atoms with Crippen molar-refractivity contribution in [2.45, 2.75) is 45.3 Å². The van der Waals surface area contributed by atoms with Crippen LogP contribution >= 0.6 is 12.4 Å². The van der Waals surface area contributed by atoms with Crippen molar-refractivity contribution in [1.29, 1.82) is 0 Å². The minimum atomic E-state index is -0.127. The van der Waals surface area contributed by atoms with Crippen LogP contribution < -0.4 is 5.73 Å². The van der Waals surface area contributed by atoms with Crippen LogP contribution in [0.15, 0.2) is 0 Å². The number of carbonyl (C=O) groups excluding carboxylic acids is 1. The standard InChI is InChI=1S/C9H17NO2.ClH/c1-6(2)9(11)12-8-5-3-4-7(8)10;/h6-8H,3-5,10H2,1-2H3;1H. The highest BCUT2D eigenvalue weighted by molar-refractivity contribution is 5.85. The molecule has 3 nitrogen and oxygen atoms in total. The summed E-state index contributed by atoms with van der Waals surface area (Å²) in [4.78, 5) is 11.2. The van der Waals surface area contributed by atoms with Gasteiger partial charge in [0.15, 0.2) is 0 Å². The van der Waals surface area contributed by atoms with Gasteiger partial charge in [0.1, 0.15) is 6.10 Å². The summed E-state index contributed by atoms with van der Waals surface area (Å²) >= 11 is 0. The Labute approximate surface area is 85.4 Å². The van der Waals surface area contributed by atoms with Gasteiger partial charge in [0.05, 0.1) is 5.92 Å². The van der Waals surface area contributed by atoms with E-state index in [-0.39, 0.29) is 36.4 Å². The van der Waals surface area contributed by atoms with Crippen LogP contribution in [-0.4, -0.2) is 18.1 Å². The Bertz CT molecular complexity index is 173. The van der Waals surface area contributed by atoms with Gasteiger partial charge < -0.3 is 10.5 Å². The van der Waals surface area contributed by atoms with Crippen LogP contribution in [0.2, 0.25) is 0 Å². The van der Waals surface area contributed by atoms with Gasteiger partial charge >= 0.3 is 5.97 Å². The fourth-order valence-corrected chi connectivity index (χ4v) is 1.39. The molecule has 0 aromatic rings. The molecule has 2 unspecified atom stereocenters. The maximum atomic E-state index is 11.2. The van der Waals surface area contributed by atoms with Crippen LogP contribution in [0.25, 0.3) is 0 Å². The first-order valence-corrected chi connectivity index (χ1v) is 4.57. The average Bonchev–Trinajstić information content (AvgIpc) is 2.36. The molecule has 0 aromatic heterocycles. The number of esters is 1. The minimum absolute atomic E-state index is 0. The van der Waals surface area contributed by atoms with E-state index in [0.29, 0.717) is 0 Å². The van der Waals surface area contributed by atoms with Gasteiger partial charge in [-0.05, 0) is 19.3 Å². The number of hydrogen-bond acceptors (Lipinski definition) is 3. The highest BCUT2D eigenvalue weighted by Crippen LogP contribution is 2.21. The van der Waals surface area contributed by atoms with Crippen LogP contribution in [-0.2, 0) is 9.53 Å². The van der Waals surface area contributed by atoms with Crippen molar-refractivity contribution in [3.63, 3.8) is 0 Å². The van der Waals surface area contributed by atoms with E-state index >= 15 is 0 Å². The third-order valence-corrected chi connectivity index (χ3v) is 2.24. The third-order valence-electron chi connectivity index (χ3n) is 2.24. The molecule has 2 atom stereocenters. The topological polar surface area (TPSA) is 52.3 Å². The third kappa shape index (κ3) is 3.53. The van der Waals surface area contributed by atoms with E-state index in [0.717, 1.165) is 19.3 Å². The van der Waals surface area contributed by atoms with Crippen LogP contribution in [0.4, 0.5) is 0 Å². The van der Waals surface area contributed by atoms with Crippen molar-refractivity contribution in [3.05, 3.63) is 0 Å². The van der Waals surface area contributed by atoms with Gasteiger partial charge in [0.2, 0.25) is 0 Å². The molecule has 1 rings (SSSR count). The van der Waals surface area contributed by atoms with Crippen molar-refractivity contribution in [2.75, 3.05) is 0 Å². The molecular weight excluding hydrogens is 190 g/mol. The quantitative estimate of drug-likeness (QED) is 0.698. The fourth-order valence-electron chi connectivity index (χ4n) is 1.39. The van der Waals surface area contributed by atoms with Gasteiger partial charge in [0, 0.05) is 6.04 Å². The number of ether oxygens (including phenoxy) is 1. The van der Waals surface area contributed by atoms with Crippen molar-refractivity contribution in [3.8, 4) is 0 Å². The van der Waals surface area contributed by atoms with E-state index in [4.69, 9.17) is 10.5 Å². The van der Waals surface area contributed by atoms with E-state index in [2.05, 4.69) is 0 Å². The molecule has 13 heavy (non-hydrogen) atoms. The SMILES string of the molecule is CC(C)C(=O)OC1CCCC1N.Cl. The van der Waals surface area contributed by atoms with Crippen molar-refractivity contribution in [1.82, 2.24) is 0 Å². The summed E-state index contributed by atoms with van der Waals surface area (Å²) in [5.41, 5.74) is 5.75. The first kappa shape index (κ1) is 12.7. The smallest absolute Gasteiger partial charge is 0.308 e. The second-order valence-electron chi connectivity index (χ2n) is 3.72. The summed E-state index contributed by atoms with van der Waals surface area (Å²) in [6, 6.07) is 0.0627. The van der Waals surface area contributed by atoms with Gasteiger partial charge in [-0.15, -0.1) is 12.4 Å². The van der Waals surface area contributed by atoms with Gasteiger partial charge in [-0.1, -0.05) is 13.8 Å². The van der Waals surface area contributed by atoms with Crippen molar-refractivity contribution < 1.29 is 9.53 Å². The average molecular weight is 208 g/mol. The Morgan fingerprint density at radius 1 is 1.46 bits per heavy atom. The molecule has 4 heteroatoms. The summed E-state index contributed by atoms with van der Waals surface area (Å²) < 4.78 is 5.22. The predicted octanol–water partition coefficient (Wildman–Crippen LogP) is 1.49. The predicted molar refractivity (Wildman–Crippen MR) is 53.8 cm³/mol. The zero-order valence-electron chi connectivity index (χ0n) is 8.16. The molecule has 0 aliphatic heterocycles. The first-order chi connectivity index (χ1) is 5.61. The Morgan fingerprint density at radius 3 is 2.46 bits per heavy atom. The fraction of sp³-hybridized carbons (Fsp3) is 0.889. The highest BCUT2D eigenvalue weighted by atomic mass is 35.5. The van der Waals surface area contributed by atoms with Crippen LogP contribution in [0.5, 0.6) is 0 Å². The number of halogens is 1. The number of rotatable bonds is 2. The van der Waals surface area contributed by atoms with Crippen LogP contribution in [0.3, 0.4) is 0 Å². The van der Waals surface area contributed by atoms with Gasteiger partial charge in [-0.2, -0.15) is 0 Å². The van der Waals surface area contributed by atoms with Crippen LogP contribution in [0.1, 0.15) is 33.1 Å². The molecule has 0 heterocycles. The summed E-state index contributed by atoms with van der Waals surface area (Å²) in [6.45, 7) is 3.67. The van der Waals surface area contributed by atoms with E-state index in [1.54, 1.807) is 0 Å². The van der Waals surface area contributed by atoms with E-state index in [1.807, 2.05) is 13.8 Å². The van der Waals surface area contributed by atoms with Crippen molar-refractivity contribution >= 4 is 18.4 Å². The molecule has 1 aliphatic rings. The second kappa shape index (κ2) is 5.45. The molecule has 0 radical (unpaired) electrons. The Balaban J connectivity index is 0.00000144. The largest absolute Gasteiger partial charge is 0.461 e. The molecule has 78 valence electrons. The maximum absolute atomic E-state index is 11.2. The molecular formula is C9H18ClNO2. The van der Waals surface area contributed by atoms with Crippen molar-refractivity contribution in [2.24, 2.45) is 11.7 Å². The summed E-state index contributed by atoms with van der Waals surface area (Å²) in [5, 5.41) is 0. The second-order valence-corrected chi connectivity index (χ2v) is 3.72. The molecule has 0 spiro atoms. The number of carbonyl (C=O) groups is 1. The maximum Gasteiger partial charge on any atom is 0.308 e. The summed E-state index contributed by atoms with van der Waals surface area (Å²) in [6.07, 6.45) is 2.97. The lowest BCUT2D eigenvalue weighted by Crippen LogP contribution is -2.34. The van der Waals surface area contributed by atoms with Gasteiger partial charge in [-0.25, -0.2) is 0 Å². The lowest BCUT2D eigenvalue weighted by atomic mass is 10.2. The lowest BCUT2D eigenvalue weighted by molar-refractivity contribution is -0.153. The Morgan fingerprint density at radius 2 is 2.08 bits per heavy atom. The normalized spacial score (nSPS) is 27.1. The number of hydrogen-bond donors (Lipinski definition) is 1. The molecule has 1 fully saturated rings. The molecule has 1 aliphatic carbocycles. The van der Waals surface area contributed by atoms with E-state index in [1.165, 1.54) is 0 Å². The summed E-state index contributed by atoms with van der Waals surface area (Å²) in [5.74, 6) is -0.171. The van der Waals surface area contributed by atoms with E-state index in [9.17, 15) is 4.79 Å². The Hall–Kier alpha value is -0.280. The van der Waals surface area contributed by atoms with E-state index < -0.39 is 0 Å². The summed E-state index contributed by atoms with van der Waals surface area (Å²) in [7, 11) is 0. The monoisotopic (exact) mass is 207 g/mol. The molecule has 0 aromatic carbocycles. The van der Waals surface area contributed by atoms with Crippen LogP contribution in [0, 0.1) is 5.92 Å². The highest BCUT2D eigenvalue weighted by Gasteiger charge is 2.27. The zero-order chi connectivity index (χ0) is 9.14. The molecule has 1 saturated carbocycles. The first-order valence-electron chi connectivity index (χ1n) is 4.57. The lowest BCUT2D eigenvalue weighted by Gasteiger charge is -2.17. The zero-order valence-corrected chi connectivity index (χ0v) is 8.97. The van der Waals surface area contributed by atoms with Gasteiger partial charge in [0.25, 0.3) is 0 Å². The minimum Gasteiger partial charge on any atom is -0.461 e. The number of nitrogens with two attached hydrogens (primary N) is 1. The van der Waals surface area contributed by atoms with Gasteiger partial charge in [-0.3, -0.25) is 4.79 Å². The Kier molecular flexibility index (Phi) is 5.33. The molecule has 0 saturated heterocycles.